The van der Waals surface area contributed by atoms with E-state index in [1.165, 1.54) is 19.3 Å². The number of hydrogen-bond acceptors (Lipinski definition) is 4. The summed E-state index contributed by atoms with van der Waals surface area (Å²) in [4.78, 5) is 11.7. The van der Waals surface area contributed by atoms with Crippen molar-refractivity contribution < 1.29 is 14.3 Å². The zero-order valence-electron chi connectivity index (χ0n) is 13.7. The highest BCUT2D eigenvalue weighted by atomic mass is 16.5. The molecule has 0 aliphatic heterocycles. The normalized spacial score (nSPS) is 14.0. The number of likely N-dealkylation sites (N-methyl/N-ethyl adjacent to an activating group) is 1. The average Bonchev–Trinajstić information content (AvgIpc) is 2.45. The van der Waals surface area contributed by atoms with Crippen LogP contribution in [0.2, 0.25) is 0 Å². The second kappa shape index (κ2) is 13.4. The molecule has 120 valence electrons. The minimum atomic E-state index is -0.240. The highest BCUT2D eigenvalue weighted by molar-refractivity contribution is 5.75. The molecule has 0 aliphatic rings. The molecule has 1 N–H and O–H groups in total. The zero-order chi connectivity index (χ0) is 15.2. The third-order valence-electron chi connectivity index (χ3n) is 3.47. The van der Waals surface area contributed by atoms with E-state index in [0.29, 0.717) is 25.6 Å². The largest absolute Gasteiger partial charge is 0.465 e. The molecule has 2 atom stereocenters. The molecular weight excluding hydrogens is 254 g/mol. The van der Waals surface area contributed by atoms with Crippen LogP contribution in [-0.2, 0) is 14.3 Å². The van der Waals surface area contributed by atoms with Crippen molar-refractivity contribution in [1.82, 2.24) is 5.32 Å². The lowest BCUT2D eigenvalue weighted by Crippen LogP contribution is -2.39. The van der Waals surface area contributed by atoms with Crippen molar-refractivity contribution in [1.29, 1.82) is 0 Å². The first-order valence-electron chi connectivity index (χ1n) is 8.17. The van der Waals surface area contributed by atoms with Gasteiger partial charge in [0, 0.05) is 13.2 Å². The summed E-state index contributed by atoms with van der Waals surface area (Å²) >= 11 is 0. The van der Waals surface area contributed by atoms with Gasteiger partial charge in [0.1, 0.15) is 6.04 Å². The third kappa shape index (κ3) is 9.32. The van der Waals surface area contributed by atoms with E-state index in [-0.39, 0.29) is 12.0 Å². The standard InChI is InChI=1S/C16H33NO3/c1-5-9-10-14(6-2)13-19-12-11-15(17-7-3)16(18)20-8-4/h14-15,17H,5-13H2,1-4H3. The van der Waals surface area contributed by atoms with Crippen LogP contribution in [-0.4, -0.2) is 38.4 Å². The van der Waals surface area contributed by atoms with Gasteiger partial charge in [-0.25, -0.2) is 0 Å². The van der Waals surface area contributed by atoms with Crippen molar-refractivity contribution in [3.8, 4) is 0 Å². The summed E-state index contributed by atoms with van der Waals surface area (Å²) in [6, 6.07) is -0.240. The highest BCUT2D eigenvalue weighted by Gasteiger charge is 2.18. The maximum Gasteiger partial charge on any atom is 0.323 e. The highest BCUT2D eigenvalue weighted by Crippen LogP contribution is 2.13. The topological polar surface area (TPSA) is 47.6 Å². The Morgan fingerprint density at radius 2 is 1.90 bits per heavy atom. The minimum absolute atomic E-state index is 0.170. The van der Waals surface area contributed by atoms with Crippen LogP contribution in [0.5, 0.6) is 0 Å². The molecule has 0 saturated heterocycles. The molecule has 0 bridgehead atoms. The average molecular weight is 287 g/mol. The fraction of sp³-hybridized carbons (Fsp3) is 0.938. The fourth-order valence-electron chi connectivity index (χ4n) is 2.14. The number of carbonyl (C=O) groups excluding carboxylic acids is 1. The van der Waals surface area contributed by atoms with Crippen LogP contribution < -0.4 is 5.32 Å². The Kier molecular flexibility index (Phi) is 13.0. The predicted octanol–water partition coefficient (Wildman–Crippen LogP) is 3.15. The fourth-order valence-corrected chi connectivity index (χ4v) is 2.14. The van der Waals surface area contributed by atoms with Gasteiger partial charge in [0.25, 0.3) is 0 Å². The number of carbonyl (C=O) groups is 1. The van der Waals surface area contributed by atoms with Crippen molar-refractivity contribution in [2.24, 2.45) is 5.92 Å². The molecule has 4 nitrogen and oxygen atoms in total. The van der Waals surface area contributed by atoms with E-state index >= 15 is 0 Å². The molecule has 0 saturated carbocycles. The van der Waals surface area contributed by atoms with E-state index in [4.69, 9.17) is 9.47 Å². The summed E-state index contributed by atoms with van der Waals surface area (Å²) in [6.07, 6.45) is 5.58. The van der Waals surface area contributed by atoms with E-state index < -0.39 is 0 Å². The van der Waals surface area contributed by atoms with Crippen LogP contribution in [0.4, 0.5) is 0 Å². The van der Waals surface area contributed by atoms with Crippen LogP contribution in [0.1, 0.15) is 59.8 Å². The molecule has 20 heavy (non-hydrogen) atoms. The lowest BCUT2D eigenvalue weighted by Gasteiger charge is -2.18. The summed E-state index contributed by atoms with van der Waals surface area (Å²) in [7, 11) is 0. The Labute approximate surface area is 124 Å². The Bertz CT molecular complexity index is 234. The Hall–Kier alpha value is -0.610. The SMILES string of the molecule is CCCCC(CC)COCCC(NCC)C(=O)OCC. The van der Waals surface area contributed by atoms with Gasteiger partial charge in [0.05, 0.1) is 6.61 Å². The molecule has 0 spiro atoms. The molecule has 0 aromatic rings. The quantitative estimate of drug-likeness (QED) is 0.417. The summed E-state index contributed by atoms with van der Waals surface area (Å²) in [5.74, 6) is 0.478. The smallest absolute Gasteiger partial charge is 0.323 e. The van der Waals surface area contributed by atoms with E-state index in [1.807, 2.05) is 13.8 Å². The van der Waals surface area contributed by atoms with Gasteiger partial charge in [0.15, 0.2) is 0 Å². The lowest BCUT2D eigenvalue weighted by atomic mass is 10.0. The van der Waals surface area contributed by atoms with Crippen LogP contribution in [0, 0.1) is 5.92 Å². The maximum atomic E-state index is 11.7. The predicted molar refractivity (Wildman–Crippen MR) is 82.8 cm³/mol. The van der Waals surface area contributed by atoms with Crippen LogP contribution >= 0.6 is 0 Å². The van der Waals surface area contributed by atoms with Crippen LogP contribution in [0.15, 0.2) is 0 Å². The molecular formula is C16H33NO3. The van der Waals surface area contributed by atoms with Crippen LogP contribution in [0.3, 0.4) is 0 Å². The monoisotopic (exact) mass is 287 g/mol. The van der Waals surface area contributed by atoms with Gasteiger partial charge in [-0.2, -0.15) is 0 Å². The van der Waals surface area contributed by atoms with E-state index in [0.717, 1.165) is 19.6 Å². The van der Waals surface area contributed by atoms with E-state index in [9.17, 15) is 4.79 Å². The number of ether oxygens (including phenoxy) is 2. The molecule has 0 heterocycles. The first-order chi connectivity index (χ1) is 9.69. The lowest BCUT2D eigenvalue weighted by molar-refractivity contribution is -0.146. The maximum absolute atomic E-state index is 11.7. The van der Waals surface area contributed by atoms with Crippen molar-refractivity contribution in [2.75, 3.05) is 26.4 Å². The molecule has 0 rings (SSSR count). The molecule has 2 unspecified atom stereocenters. The van der Waals surface area contributed by atoms with Crippen molar-refractivity contribution >= 4 is 5.97 Å². The number of unbranched alkanes of at least 4 members (excludes halogenated alkanes) is 1. The Balaban J connectivity index is 3.89. The molecule has 0 fully saturated rings. The van der Waals surface area contributed by atoms with E-state index in [2.05, 4.69) is 19.2 Å². The van der Waals surface area contributed by atoms with Gasteiger partial charge in [-0.3, -0.25) is 4.79 Å². The molecule has 0 amide bonds. The van der Waals surface area contributed by atoms with Gasteiger partial charge in [-0.05, 0) is 32.2 Å². The van der Waals surface area contributed by atoms with Gasteiger partial charge in [-0.15, -0.1) is 0 Å². The number of hydrogen-bond donors (Lipinski definition) is 1. The summed E-state index contributed by atoms with van der Waals surface area (Å²) in [5, 5.41) is 3.15. The summed E-state index contributed by atoms with van der Waals surface area (Å²) in [5.41, 5.74) is 0. The number of rotatable bonds is 13. The molecule has 0 aromatic carbocycles. The molecule has 0 radical (unpaired) electrons. The molecule has 4 heteroatoms. The Morgan fingerprint density at radius 3 is 2.45 bits per heavy atom. The second-order valence-corrected chi connectivity index (χ2v) is 5.14. The summed E-state index contributed by atoms with van der Waals surface area (Å²) in [6.45, 7) is 10.9. The number of esters is 1. The Morgan fingerprint density at radius 1 is 1.15 bits per heavy atom. The first-order valence-corrected chi connectivity index (χ1v) is 8.17. The summed E-state index contributed by atoms with van der Waals surface area (Å²) < 4.78 is 10.8. The van der Waals surface area contributed by atoms with Gasteiger partial charge in [0.2, 0.25) is 0 Å². The second-order valence-electron chi connectivity index (χ2n) is 5.14. The number of nitrogens with one attached hydrogen (secondary N) is 1. The zero-order valence-corrected chi connectivity index (χ0v) is 13.7. The minimum Gasteiger partial charge on any atom is -0.465 e. The van der Waals surface area contributed by atoms with Gasteiger partial charge in [-0.1, -0.05) is 40.0 Å². The van der Waals surface area contributed by atoms with Crippen molar-refractivity contribution in [2.45, 2.75) is 65.8 Å². The van der Waals surface area contributed by atoms with Crippen molar-refractivity contribution in [3.05, 3.63) is 0 Å². The molecule has 0 aliphatic carbocycles. The van der Waals surface area contributed by atoms with Crippen LogP contribution in [0.25, 0.3) is 0 Å². The van der Waals surface area contributed by atoms with Gasteiger partial charge < -0.3 is 14.8 Å². The van der Waals surface area contributed by atoms with E-state index in [1.54, 1.807) is 0 Å². The van der Waals surface area contributed by atoms with Crippen molar-refractivity contribution in [3.63, 3.8) is 0 Å². The molecule has 0 aromatic heterocycles. The first kappa shape index (κ1) is 19.4. The van der Waals surface area contributed by atoms with Gasteiger partial charge >= 0.3 is 5.97 Å². The third-order valence-corrected chi connectivity index (χ3v) is 3.47.